The first-order chi connectivity index (χ1) is 11.5. The quantitative estimate of drug-likeness (QED) is 0.587. The summed E-state index contributed by atoms with van der Waals surface area (Å²) in [6, 6.07) is 10.2. The molecule has 0 atom stereocenters. The Morgan fingerprint density at radius 2 is 2.04 bits per heavy atom. The average molecular weight is 385 g/mol. The van der Waals surface area contributed by atoms with E-state index in [-0.39, 0.29) is 5.41 Å². The minimum atomic E-state index is -0.355. The third-order valence-corrected chi connectivity index (χ3v) is 5.52. The van der Waals surface area contributed by atoms with E-state index in [1.54, 1.807) is 7.11 Å². The van der Waals surface area contributed by atoms with Crippen LogP contribution in [0.4, 0.5) is 5.69 Å². The van der Waals surface area contributed by atoms with Crippen LogP contribution in [0, 0.1) is 4.91 Å². The number of benzene rings is 2. The SMILES string of the molecule is COc1ccc2c(c1N=O)C(C)(C)c1[nH]c3cc(Br)ccc3c1C2. The number of rotatable bonds is 2. The summed E-state index contributed by atoms with van der Waals surface area (Å²) in [6.07, 6.45) is 0.780. The van der Waals surface area contributed by atoms with Gasteiger partial charge in [-0.15, -0.1) is 4.91 Å². The Labute approximate surface area is 148 Å². The zero-order valence-corrected chi connectivity index (χ0v) is 15.3. The van der Waals surface area contributed by atoms with Crippen LogP contribution < -0.4 is 4.74 Å². The summed E-state index contributed by atoms with van der Waals surface area (Å²) in [4.78, 5) is 15.1. The van der Waals surface area contributed by atoms with Crippen molar-refractivity contribution >= 4 is 32.5 Å². The van der Waals surface area contributed by atoms with Gasteiger partial charge in [-0.05, 0) is 34.5 Å². The van der Waals surface area contributed by atoms with Crippen molar-refractivity contribution in [3.63, 3.8) is 0 Å². The largest absolute Gasteiger partial charge is 0.494 e. The highest BCUT2D eigenvalue weighted by atomic mass is 79.9. The number of nitrogens with zero attached hydrogens (tertiary/aromatic N) is 1. The number of aromatic nitrogens is 1. The molecule has 2 aromatic carbocycles. The Kier molecular flexibility index (Phi) is 3.32. The van der Waals surface area contributed by atoms with Crippen LogP contribution in [0.5, 0.6) is 5.75 Å². The monoisotopic (exact) mass is 384 g/mol. The van der Waals surface area contributed by atoms with Crippen LogP contribution in [-0.4, -0.2) is 12.1 Å². The number of hydrogen-bond acceptors (Lipinski definition) is 3. The molecule has 3 aromatic rings. The maximum absolute atomic E-state index is 11.5. The normalized spacial score (nSPS) is 15.0. The van der Waals surface area contributed by atoms with Gasteiger partial charge in [0.05, 0.1) is 7.11 Å². The van der Waals surface area contributed by atoms with Gasteiger partial charge in [0.2, 0.25) is 0 Å². The number of hydrogen-bond donors (Lipinski definition) is 1. The van der Waals surface area contributed by atoms with Gasteiger partial charge >= 0.3 is 0 Å². The first-order valence-electron chi connectivity index (χ1n) is 7.81. The fourth-order valence-electron chi connectivity index (χ4n) is 3.97. The topological polar surface area (TPSA) is 54.4 Å². The number of methoxy groups -OCH3 is 1. The number of ether oxygens (including phenoxy) is 1. The Bertz CT molecular complexity index is 989. The molecular formula is C19H17BrN2O2. The van der Waals surface area contributed by atoms with E-state index in [1.165, 1.54) is 10.9 Å². The molecule has 0 fully saturated rings. The van der Waals surface area contributed by atoms with Crippen molar-refractivity contribution in [1.82, 2.24) is 4.98 Å². The Hall–Kier alpha value is -2.14. The van der Waals surface area contributed by atoms with Gasteiger partial charge in [-0.2, -0.15) is 0 Å². The first kappa shape index (κ1) is 15.4. The van der Waals surface area contributed by atoms with Crippen LogP contribution in [0.25, 0.3) is 10.9 Å². The van der Waals surface area contributed by atoms with Gasteiger partial charge in [0, 0.05) is 38.5 Å². The molecule has 5 heteroatoms. The highest BCUT2D eigenvalue weighted by molar-refractivity contribution is 9.10. The molecule has 24 heavy (non-hydrogen) atoms. The Balaban J connectivity index is 2.04. The van der Waals surface area contributed by atoms with E-state index in [1.807, 2.05) is 12.1 Å². The minimum Gasteiger partial charge on any atom is -0.494 e. The van der Waals surface area contributed by atoms with Gasteiger partial charge in [-0.1, -0.05) is 41.9 Å². The lowest BCUT2D eigenvalue weighted by Gasteiger charge is -2.34. The fourth-order valence-corrected chi connectivity index (χ4v) is 4.34. The molecule has 1 heterocycles. The molecule has 4 rings (SSSR count). The van der Waals surface area contributed by atoms with E-state index >= 15 is 0 Å². The molecule has 0 saturated heterocycles. The number of nitrogens with one attached hydrogen (secondary N) is 1. The van der Waals surface area contributed by atoms with Crippen LogP contribution in [0.2, 0.25) is 0 Å². The molecule has 1 aliphatic carbocycles. The Morgan fingerprint density at radius 3 is 2.75 bits per heavy atom. The summed E-state index contributed by atoms with van der Waals surface area (Å²) in [5.74, 6) is 0.527. The second-order valence-corrected chi connectivity index (χ2v) is 7.63. The van der Waals surface area contributed by atoms with Gasteiger partial charge in [-0.3, -0.25) is 0 Å². The van der Waals surface area contributed by atoms with Crippen molar-refractivity contribution in [3.8, 4) is 5.75 Å². The molecule has 0 unspecified atom stereocenters. The average Bonchev–Trinajstić information content (AvgIpc) is 2.92. The second-order valence-electron chi connectivity index (χ2n) is 6.71. The molecule has 122 valence electrons. The first-order valence-corrected chi connectivity index (χ1v) is 8.61. The van der Waals surface area contributed by atoms with Gasteiger partial charge in [0.25, 0.3) is 0 Å². The van der Waals surface area contributed by atoms with Crippen LogP contribution in [0.3, 0.4) is 0 Å². The lowest BCUT2D eigenvalue weighted by Crippen LogP contribution is -2.27. The third-order valence-electron chi connectivity index (χ3n) is 5.02. The van der Waals surface area contributed by atoms with Crippen molar-refractivity contribution in [2.24, 2.45) is 5.18 Å². The molecule has 4 nitrogen and oxygen atoms in total. The molecule has 0 saturated carbocycles. The molecule has 0 bridgehead atoms. The highest BCUT2D eigenvalue weighted by Crippen LogP contribution is 2.50. The second kappa shape index (κ2) is 5.18. The standard InChI is InChI=1S/C19H17BrN2O2/c1-19(2)16-10(4-7-15(24-3)17(16)22-23)8-13-12-6-5-11(20)9-14(12)21-18(13)19/h4-7,9,21H,8H2,1-3H3. The number of fused-ring (bicyclic) bond motifs is 4. The summed E-state index contributed by atoms with van der Waals surface area (Å²) in [7, 11) is 1.57. The number of H-pyrrole nitrogens is 1. The van der Waals surface area contributed by atoms with Crippen molar-refractivity contribution in [2.75, 3.05) is 7.11 Å². The van der Waals surface area contributed by atoms with Crippen LogP contribution in [-0.2, 0) is 11.8 Å². The summed E-state index contributed by atoms with van der Waals surface area (Å²) < 4.78 is 6.39. The van der Waals surface area contributed by atoms with Gasteiger partial charge in [0.1, 0.15) is 5.75 Å². The van der Waals surface area contributed by atoms with E-state index in [9.17, 15) is 4.91 Å². The van der Waals surface area contributed by atoms with Crippen molar-refractivity contribution in [2.45, 2.75) is 25.7 Å². The predicted molar refractivity (Wildman–Crippen MR) is 99.4 cm³/mol. The number of nitroso groups, excluding NO2 is 1. The molecule has 1 aromatic heterocycles. The summed E-state index contributed by atoms with van der Waals surface area (Å²) in [6.45, 7) is 4.25. The maximum Gasteiger partial charge on any atom is 0.154 e. The molecule has 0 radical (unpaired) electrons. The fraction of sp³-hybridized carbons (Fsp3) is 0.263. The molecular weight excluding hydrogens is 368 g/mol. The molecule has 0 aliphatic heterocycles. The van der Waals surface area contributed by atoms with E-state index in [0.717, 1.165) is 33.2 Å². The number of aromatic amines is 1. The van der Waals surface area contributed by atoms with Gasteiger partial charge in [0.15, 0.2) is 5.69 Å². The van der Waals surface area contributed by atoms with Crippen molar-refractivity contribution < 1.29 is 4.74 Å². The van der Waals surface area contributed by atoms with Crippen LogP contribution in [0.1, 0.15) is 36.2 Å². The zero-order chi connectivity index (χ0) is 17.1. The van der Waals surface area contributed by atoms with Gasteiger partial charge in [-0.25, -0.2) is 0 Å². The number of halogens is 1. The highest BCUT2D eigenvalue weighted by Gasteiger charge is 2.38. The van der Waals surface area contributed by atoms with E-state index in [0.29, 0.717) is 11.4 Å². The van der Waals surface area contributed by atoms with Gasteiger partial charge < -0.3 is 9.72 Å². The molecule has 1 aliphatic rings. The zero-order valence-electron chi connectivity index (χ0n) is 13.7. The van der Waals surface area contributed by atoms with E-state index in [4.69, 9.17) is 4.74 Å². The van der Waals surface area contributed by atoms with E-state index < -0.39 is 0 Å². The summed E-state index contributed by atoms with van der Waals surface area (Å²) in [5.41, 5.74) is 5.67. The van der Waals surface area contributed by atoms with Crippen LogP contribution in [0.15, 0.2) is 40.0 Å². The lowest BCUT2D eigenvalue weighted by atomic mass is 9.71. The molecule has 1 N–H and O–H groups in total. The predicted octanol–water partition coefficient (Wildman–Crippen LogP) is 5.57. The van der Waals surface area contributed by atoms with Crippen molar-refractivity contribution in [3.05, 3.63) is 62.1 Å². The van der Waals surface area contributed by atoms with Crippen LogP contribution >= 0.6 is 15.9 Å². The van der Waals surface area contributed by atoms with Crippen molar-refractivity contribution in [1.29, 1.82) is 0 Å². The third kappa shape index (κ3) is 1.97. The summed E-state index contributed by atoms with van der Waals surface area (Å²) in [5, 5.41) is 4.52. The summed E-state index contributed by atoms with van der Waals surface area (Å²) >= 11 is 3.53. The van der Waals surface area contributed by atoms with E-state index in [2.05, 4.69) is 58.1 Å². The minimum absolute atomic E-state index is 0.355. The lowest BCUT2D eigenvalue weighted by molar-refractivity contribution is 0.414. The molecule has 0 spiro atoms. The Morgan fingerprint density at radius 1 is 1.25 bits per heavy atom. The smallest absolute Gasteiger partial charge is 0.154 e. The maximum atomic E-state index is 11.5. The molecule has 0 amide bonds.